The molecule has 0 aliphatic carbocycles. The molecule has 3 aromatic rings. The van der Waals surface area contributed by atoms with Gasteiger partial charge in [0.2, 0.25) is 5.82 Å². The van der Waals surface area contributed by atoms with Crippen molar-refractivity contribution in [2.75, 3.05) is 5.32 Å². The molecule has 7 heteroatoms. The highest BCUT2D eigenvalue weighted by Crippen LogP contribution is 2.21. The fourth-order valence-corrected chi connectivity index (χ4v) is 2.13. The third kappa shape index (κ3) is 2.27. The van der Waals surface area contributed by atoms with Gasteiger partial charge in [0, 0.05) is 16.4 Å². The van der Waals surface area contributed by atoms with Crippen LogP contribution in [0.5, 0.6) is 0 Å². The fourth-order valence-electron chi connectivity index (χ4n) is 1.74. The lowest BCUT2D eigenvalue weighted by atomic mass is 10.3. The van der Waals surface area contributed by atoms with E-state index in [9.17, 15) is 4.79 Å². The maximum absolute atomic E-state index is 12.1. The molecule has 100 valence electrons. The van der Waals surface area contributed by atoms with Gasteiger partial charge in [0.15, 0.2) is 0 Å². The number of carbonyl (C=O) groups excluding carboxylic acids is 1. The lowest BCUT2D eigenvalue weighted by Gasteiger charge is -2.04. The summed E-state index contributed by atoms with van der Waals surface area (Å²) in [6, 6.07) is 9.15. The molecule has 0 fully saturated rings. The Balaban J connectivity index is 1.93. The van der Waals surface area contributed by atoms with Gasteiger partial charge in [0.05, 0.1) is 5.69 Å². The van der Waals surface area contributed by atoms with Crippen molar-refractivity contribution in [1.29, 1.82) is 0 Å². The zero-order valence-corrected chi connectivity index (χ0v) is 12.1. The Morgan fingerprint density at radius 1 is 1.30 bits per heavy atom. The Bertz CT molecular complexity index is 798. The predicted octanol–water partition coefficient (Wildman–Crippen LogP) is 2.45. The first-order valence-electron chi connectivity index (χ1n) is 5.89. The summed E-state index contributed by atoms with van der Waals surface area (Å²) < 4.78 is 2.33. The van der Waals surface area contributed by atoms with Gasteiger partial charge in [0.1, 0.15) is 0 Å². The molecule has 0 bridgehead atoms. The first-order chi connectivity index (χ1) is 9.65. The van der Waals surface area contributed by atoms with Crippen LogP contribution < -0.4 is 5.32 Å². The summed E-state index contributed by atoms with van der Waals surface area (Å²) in [6.07, 6.45) is 1.63. The summed E-state index contributed by atoms with van der Waals surface area (Å²) in [5.41, 5.74) is 1.53. The average Bonchev–Trinajstić information content (AvgIpc) is 2.87. The fraction of sp³-hybridized carbons (Fsp3) is 0.0769. The lowest BCUT2D eigenvalue weighted by molar-refractivity contribution is 0.101. The number of para-hydroxylation sites is 1. The number of aryl methyl sites for hydroxylation is 1. The van der Waals surface area contributed by atoms with Crippen LogP contribution in [0.1, 0.15) is 16.3 Å². The Hall–Kier alpha value is -2.28. The molecule has 2 heterocycles. The molecule has 0 aliphatic rings. The Morgan fingerprint density at radius 3 is 2.85 bits per heavy atom. The van der Waals surface area contributed by atoms with Gasteiger partial charge in [-0.15, -0.1) is 5.10 Å². The van der Waals surface area contributed by atoms with Crippen molar-refractivity contribution in [2.45, 2.75) is 6.92 Å². The Labute approximate surface area is 123 Å². The van der Waals surface area contributed by atoms with Crippen LogP contribution in [0.15, 0.2) is 41.0 Å². The van der Waals surface area contributed by atoms with Gasteiger partial charge in [-0.3, -0.25) is 4.79 Å². The van der Waals surface area contributed by atoms with Crippen LogP contribution in [0.4, 0.5) is 5.69 Å². The number of halogens is 1. The molecule has 0 saturated carbocycles. The second-order valence-electron chi connectivity index (χ2n) is 4.17. The number of nitrogens with zero attached hydrogens (tertiary/aromatic N) is 4. The third-order valence-corrected chi connectivity index (χ3v) is 3.45. The van der Waals surface area contributed by atoms with Gasteiger partial charge >= 0.3 is 0 Å². The normalized spacial score (nSPS) is 10.7. The number of aromatic nitrogens is 4. The molecule has 20 heavy (non-hydrogen) atoms. The van der Waals surface area contributed by atoms with Crippen molar-refractivity contribution in [3.63, 3.8) is 0 Å². The molecule has 1 N–H and O–H groups in total. The summed E-state index contributed by atoms with van der Waals surface area (Å²) in [4.78, 5) is 20.3. The van der Waals surface area contributed by atoms with Crippen LogP contribution in [0.3, 0.4) is 0 Å². The van der Waals surface area contributed by atoms with Crippen LogP contribution in [0.2, 0.25) is 0 Å². The van der Waals surface area contributed by atoms with Crippen LogP contribution >= 0.6 is 15.9 Å². The first kappa shape index (κ1) is 12.7. The molecule has 0 aliphatic heterocycles. The van der Waals surface area contributed by atoms with Crippen molar-refractivity contribution in [1.82, 2.24) is 19.6 Å². The molecule has 3 rings (SSSR count). The molecule has 0 spiro atoms. The van der Waals surface area contributed by atoms with Gasteiger partial charge in [-0.25, -0.2) is 9.50 Å². The van der Waals surface area contributed by atoms with E-state index in [1.807, 2.05) is 25.1 Å². The zero-order chi connectivity index (χ0) is 14.1. The molecule has 0 unspecified atom stereocenters. The van der Waals surface area contributed by atoms with E-state index < -0.39 is 0 Å². The van der Waals surface area contributed by atoms with Crippen LogP contribution in [0.25, 0.3) is 5.78 Å². The van der Waals surface area contributed by atoms with E-state index in [0.717, 1.165) is 10.2 Å². The maximum atomic E-state index is 12.1. The number of fused-ring (bicyclic) bond motifs is 1. The smallest absolute Gasteiger partial charge is 0.295 e. The standard InChI is InChI=1S/C13H10BrN5O/c1-8-6-7-15-13-17-11(18-19(8)13)12(20)16-10-5-3-2-4-9(10)14/h2-7H,1H3,(H,16,20). The van der Waals surface area contributed by atoms with Gasteiger partial charge < -0.3 is 5.32 Å². The van der Waals surface area contributed by atoms with Crippen molar-refractivity contribution >= 4 is 33.3 Å². The molecule has 0 saturated heterocycles. The number of hydrogen-bond donors (Lipinski definition) is 1. The monoisotopic (exact) mass is 331 g/mol. The van der Waals surface area contributed by atoms with E-state index in [1.165, 1.54) is 4.52 Å². The van der Waals surface area contributed by atoms with Crippen LogP contribution in [-0.2, 0) is 0 Å². The minimum Gasteiger partial charge on any atom is -0.318 e. The summed E-state index contributed by atoms with van der Waals surface area (Å²) in [5.74, 6) is 0.117. The van der Waals surface area contributed by atoms with E-state index in [4.69, 9.17) is 0 Å². The first-order valence-corrected chi connectivity index (χ1v) is 6.69. The van der Waals surface area contributed by atoms with E-state index in [0.29, 0.717) is 11.5 Å². The summed E-state index contributed by atoms with van der Waals surface area (Å²) in [6.45, 7) is 1.87. The Morgan fingerprint density at radius 2 is 2.10 bits per heavy atom. The highest BCUT2D eigenvalue weighted by molar-refractivity contribution is 9.10. The molecule has 0 radical (unpaired) electrons. The van der Waals surface area contributed by atoms with Crippen LogP contribution in [-0.4, -0.2) is 25.5 Å². The summed E-state index contributed by atoms with van der Waals surface area (Å²) in [7, 11) is 0. The highest BCUT2D eigenvalue weighted by atomic mass is 79.9. The van der Waals surface area contributed by atoms with E-state index >= 15 is 0 Å². The van der Waals surface area contributed by atoms with Crippen molar-refractivity contribution in [2.24, 2.45) is 0 Å². The molecule has 6 nitrogen and oxygen atoms in total. The van der Waals surface area contributed by atoms with Crippen molar-refractivity contribution < 1.29 is 4.79 Å². The van der Waals surface area contributed by atoms with Gasteiger partial charge in [-0.2, -0.15) is 4.98 Å². The van der Waals surface area contributed by atoms with Gasteiger partial charge in [0.25, 0.3) is 11.7 Å². The quantitative estimate of drug-likeness (QED) is 0.782. The van der Waals surface area contributed by atoms with E-state index in [1.54, 1.807) is 18.3 Å². The van der Waals surface area contributed by atoms with Gasteiger partial charge in [-0.05, 0) is 41.1 Å². The van der Waals surface area contributed by atoms with Gasteiger partial charge in [-0.1, -0.05) is 12.1 Å². The SMILES string of the molecule is Cc1ccnc2nc(C(=O)Nc3ccccc3Br)nn12. The number of hydrogen-bond acceptors (Lipinski definition) is 4. The number of benzene rings is 1. The minimum atomic E-state index is -0.373. The van der Waals surface area contributed by atoms with Crippen molar-refractivity contribution in [3.05, 3.63) is 52.5 Å². The lowest BCUT2D eigenvalue weighted by Crippen LogP contribution is -2.14. The third-order valence-electron chi connectivity index (χ3n) is 2.76. The average molecular weight is 332 g/mol. The molecule has 2 aromatic heterocycles. The maximum Gasteiger partial charge on any atom is 0.295 e. The Kier molecular flexibility index (Phi) is 3.19. The second-order valence-corrected chi connectivity index (χ2v) is 5.02. The van der Waals surface area contributed by atoms with Crippen LogP contribution in [0, 0.1) is 6.92 Å². The molecule has 1 amide bonds. The van der Waals surface area contributed by atoms with E-state index in [2.05, 4.69) is 36.3 Å². The molecular weight excluding hydrogens is 322 g/mol. The second kappa shape index (κ2) is 5.01. The molecular formula is C13H10BrN5O. The topological polar surface area (TPSA) is 72.2 Å². The largest absolute Gasteiger partial charge is 0.318 e. The zero-order valence-electron chi connectivity index (χ0n) is 10.5. The number of anilines is 1. The molecule has 1 aromatic carbocycles. The van der Waals surface area contributed by atoms with E-state index in [-0.39, 0.29) is 11.7 Å². The molecule has 0 atom stereocenters. The highest BCUT2D eigenvalue weighted by Gasteiger charge is 2.15. The summed E-state index contributed by atoms with van der Waals surface area (Å²) >= 11 is 3.37. The number of rotatable bonds is 2. The summed E-state index contributed by atoms with van der Waals surface area (Å²) in [5, 5.41) is 6.91. The number of carbonyl (C=O) groups is 1. The number of nitrogens with one attached hydrogen (secondary N) is 1. The number of amides is 1. The minimum absolute atomic E-state index is 0.0857. The van der Waals surface area contributed by atoms with Crippen molar-refractivity contribution in [3.8, 4) is 0 Å². The predicted molar refractivity (Wildman–Crippen MR) is 77.6 cm³/mol.